The molecule has 4 fully saturated rings. The Morgan fingerprint density at radius 1 is 0.760 bits per heavy atom. The Bertz CT molecular complexity index is 459. The van der Waals surface area contributed by atoms with Gasteiger partial charge in [0.1, 0.15) is 0 Å². The van der Waals surface area contributed by atoms with Crippen molar-refractivity contribution in [3.63, 3.8) is 0 Å². The van der Waals surface area contributed by atoms with Crippen LogP contribution < -0.4 is 0 Å². The lowest BCUT2D eigenvalue weighted by Crippen LogP contribution is -2.52. The predicted molar refractivity (Wildman–Crippen MR) is 105 cm³/mol. The quantitative estimate of drug-likeness (QED) is 0.557. The average Bonchev–Trinajstić information content (AvgIpc) is 2.95. The van der Waals surface area contributed by atoms with Gasteiger partial charge in [0.15, 0.2) is 0 Å². The van der Waals surface area contributed by atoms with Crippen LogP contribution in [0, 0.1) is 40.4 Å². The second kappa shape index (κ2) is 7.17. The third kappa shape index (κ3) is 3.01. The SMILES string of the molecule is C[C@]12CCCC[C@H]1CC[C@@H]1[C@@H]2CC[C@]2(C)C(CCCCCO)CC[C@@H]12. The molecule has 0 aromatic rings. The van der Waals surface area contributed by atoms with Crippen LogP contribution in [0.5, 0.6) is 0 Å². The van der Waals surface area contributed by atoms with E-state index in [0.29, 0.717) is 17.4 Å². The third-order valence-electron chi connectivity index (χ3n) is 9.99. The lowest BCUT2D eigenvalue weighted by molar-refractivity contribution is -0.111. The van der Waals surface area contributed by atoms with Gasteiger partial charge >= 0.3 is 0 Å². The summed E-state index contributed by atoms with van der Waals surface area (Å²) in [4.78, 5) is 0. The largest absolute Gasteiger partial charge is 0.396 e. The molecule has 0 heterocycles. The van der Waals surface area contributed by atoms with Gasteiger partial charge in [0, 0.05) is 6.61 Å². The zero-order chi connectivity index (χ0) is 17.5. The lowest BCUT2D eigenvalue weighted by atomic mass is 9.45. The fraction of sp³-hybridized carbons (Fsp3) is 1.00. The molecule has 4 saturated carbocycles. The highest BCUT2D eigenvalue weighted by Crippen LogP contribution is 2.67. The first-order valence-electron chi connectivity index (χ1n) is 11.7. The molecule has 4 aliphatic rings. The molecule has 4 rings (SSSR count). The Morgan fingerprint density at radius 3 is 2.44 bits per heavy atom. The normalized spacial score (nSPS) is 49.3. The van der Waals surface area contributed by atoms with Crippen LogP contribution >= 0.6 is 0 Å². The van der Waals surface area contributed by atoms with Crippen molar-refractivity contribution in [2.24, 2.45) is 40.4 Å². The van der Waals surface area contributed by atoms with Crippen molar-refractivity contribution in [2.45, 2.75) is 104 Å². The van der Waals surface area contributed by atoms with Crippen molar-refractivity contribution < 1.29 is 5.11 Å². The number of unbranched alkanes of at least 4 members (excludes halogenated alkanes) is 2. The second-order valence-electron chi connectivity index (χ2n) is 10.8. The topological polar surface area (TPSA) is 20.2 Å². The Labute approximate surface area is 156 Å². The summed E-state index contributed by atoms with van der Waals surface area (Å²) in [5.41, 5.74) is 1.35. The molecule has 1 N–H and O–H groups in total. The Morgan fingerprint density at radius 2 is 1.60 bits per heavy atom. The van der Waals surface area contributed by atoms with Gasteiger partial charge in [0.25, 0.3) is 0 Å². The summed E-state index contributed by atoms with van der Waals surface area (Å²) < 4.78 is 0. The summed E-state index contributed by atoms with van der Waals surface area (Å²) in [5.74, 6) is 5.18. The summed E-state index contributed by atoms with van der Waals surface area (Å²) >= 11 is 0. The molecule has 0 aromatic heterocycles. The first kappa shape index (κ1) is 18.3. The standard InChI is InChI=1S/C24H42O/c1-23-15-6-5-9-18(23)10-12-20-21-13-11-19(8-4-3-7-17-25)24(21,2)16-14-22(20)23/h18-22,25H,3-17H2,1-2H3/t18-,19?,20-,21-,22-,23-,24+/m0/s1. The molecule has 0 amide bonds. The van der Waals surface area contributed by atoms with Crippen LogP contribution in [-0.2, 0) is 0 Å². The molecule has 0 saturated heterocycles. The average molecular weight is 347 g/mol. The van der Waals surface area contributed by atoms with Gasteiger partial charge in [-0.1, -0.05) is 39.5 Å². The van der Waals surface area contributed by atoms with Crippen molar-refractivity contribution in [3.05, 3.63) is 0 Å². The number of fused-ring (bicyclic) bond motifs is 5. The van der Waals surface area contributed by atoms with E-state index in [1.165, 1.54) is 70.6 Å². The van der Waals surface area contributed by atoms with E-state index in [9.17, 15) is 0 Å². The molecule has 7 atom stereocenters. The summed E-state index contributed by atoms with van der Waals surface area (Å²) in [6.45, 7) is 5.78. The molecule has 25 heavy (non-hydrogen) atoms. The van der Waals surface area contributed by atoms with Crippen molar-refractivity contribution in [1.82, 2.24) is 0 Å². The first-order chi connectivity index (χ1) is 12.1. The van der Waals surface area contributed by atoms with Gasteiger partial charge in [-0.15, -0.1) is 0 Å². The summed E-state index contributed by atoms with van der Waals surface area (Å²) in [6, 6.07) is 0. The van der Waals surface area contributed by atoms with E-state index >= 15 is 0 Å². The zero-order valence-corrected chi connectivity index (χ0v) is 16.9. The van der Waals surface area contributed by atoms with Crippen LogP contribution in [-0.4, -0.2) is 11.7 Å². The molecule has 1 nitrogen and oxygen atoms in total. The van der Waals surface area contributed by atoms with Gasteiger partial charge in [-0.2, -0.15) is 0 Å². The van der Waals surface area contributed by atoms with Crippen molar-refractivity contribution >= 4 is 0 Å². The smallest absolute Gasteiger partial charge is 0.0431 e. The number of aliphatic hydroxyl groups excluding tert-OH is 1. The predicted octanol–water partition coefficient (Wildman–Crippen LogP) is 6.59. The van der Waals surface area contributed by atoms with Crippen LogP contribution in [0.25, 0.3) is 0 Å². The van der Waals surface area contributed by atoms with E-state index in [1.807, 2.05) is 0 Å². The molecule has 0 bridgehead atoms. The minimum Gasteiger partial charge on any atom is -0.396 e. The van der Waals surface area contributed by atoms with Crippen LogP contribution in [0.1, 0.15) is 104 Å². The minimum absolute atomic E-state index is 0.383. The number of aliphatic hydroxyl groups is 1. The molecular formula is C24H42O. The van der Waals surface area contributed by atoms with Crippen molar-refractivity contribution in [1.29, 1.82) is 0 Å². The van der Waals surface area contributed by atoms with Gasteiger partial charge in [0.2, 0.25) is 0 Å². The number of hydrogen-bond donors (Lipinski definition) is 1. The molecule has 0 aromatic carbocycles. The van der Waals surface area contributed by atoms with E-state index in [4.69, 9.17) is 5.11 Å². The Hall–Kier alpha value is -0.0400. The summed E-state index contributed by atoms with van der Waals surface area (Å²) in [7, 11) is 0. The lowest BCUT2D eigenvalue weighted by Gasteiger charge is -2.60. The molecule has 1 unspecified atom stereocenters. The van der Waals surface area contributed by atoms with Crippen LogP contribution in [0.2, 0.25) is 0 Å². The highest BCUT2D eigenvalue weighted by Gasteiger charge is 2.59. The van der Waals surface area contributed by atoms with E-state index in [0.717, 1.165) is 36.0 Å². The maximum Gasteiger partial charge on any atom is 0.0431 e. The van der Waals surface area contributed by atoms with E-state index < -0.39 is 0 Å². The van der Waals surface area contributed by atoms with Gasteiger partial charge < -0.3 is 5.11 Å². The monoisotopic (exact) mass is 346 g/mol. The summed E-state index contributed by atoms with van der Waals surface area (Å²) in [6.07, 6.45) is 20.3. The first-order valence-corrected chi connectivity index (χ1v) is 11.7. The minimum atomic E-state index is 0.383. The Balaban J connectivity index is 1.46. The van der Waals surface area contributed by atoms with E-state index in [-0.39, 0.29) is 0 Å². The number of hydrogen-bond acceptors (Lipinski definition) is 1. The maximum absolute atomic E-state index is 9.04. The molecular weight excluding hydrogens is 304 g/mol. The molecule has 1 heteroatoms. The van der Waals surface area contributed by atoms with E-state index in [2.05, 4.69) is 13.8 Å². The van der Waals surface area contributed by atoms with Crippen LogP contribution in [0.4, 0.5) is 0 Å². The second-order valence-corrected chi connectivity index (χ2v) is 10.8. The zero-order valence-electron chi connectivity index (χ0n) is 16.9. The van der Waals surface area contributed by atoms with Crippen LogP contribution in [0.15, 0.2) is 0 Å². The highest BCUT2D eigenvalue weighted by molar-refractivity contribution is 5.08. The van der Waals surface area contributed by atoms with E-state index in [1.54, 1.807) is 12.8 Å². The molecule has 144 valence electrons. The molecule has 0 spiro atoms. The molecule has 0 radical (unpaired) electrons. The highest BCUT2D eigenvalue weighted by atomic mass is 16.2. The van der Waals surface area contributed by atoms with Gasteiger partial charge in [-0.25, -0.2) is 0 Å². The van der Waals surface area contributed by atoms with Gasteiger partial charge in [0.05, 0.1) is 0 Å². The molecule has 4 aliphatic carbocycles. The molecule has 0 aliphatic heterocycles. The van der Waals surface area contributed by atoms with Gasteiger partial charge in [-0.05, 0) is 105 Å². The van der Waals surface area contributed by atoms with Crippen molar-refractivity contribution in [3.8, 4) is 0 Å². The van der Waals surface area contributed by atoms with Crippen LogP contribution in [0.3, 0.4) is 0 Å². The van der Waals surface area contributed by atoms with Crippen molar-refractivity contribution in [2.75, 3.05) is 6.61 Å². The maximum atomic E-state index is 9.04. The summed E-state index contributed by atoms with van der Waals surface area (Å²) in [5, 5.41) is 9.04. The fourth-order valence-electron chi connectivity index (χ4n) is 8.56. The van der Waals surface area contributed by atoms with Gasteiger partial charge in [-0.3, -0.25) is 0 Å². The third-order valence-corrected chi connectivity index (χ3v) is 9.99. The Kier molecular flexibility index (Phi) is 5.26. The fourth-order valence-corrected chi connectivity index (χ4v) is 8.56. The number of rotatable bonds is 5.